The number of nitrogens with one attached hydrogen (secondary N) is 2. The first-order valence-electron chi connectivity index (χ1n) is 8.58. The van der Waals surface area contributed by atoms with Gasteiger partial charge in [0.05, 0.1) is 18.9 Å². The molecule has 1 fully saturated rings. The van der Waals surface area contributed by atoms with E-state index in [1.165, 1.54) is 0 Å². The van der Waals surface area contributed by atoms with Crippen LogP contribution < -0.4 is 10.6 Å². The molecule has 1 atom stereocenters. The summed E-state index contributed by atoms with van der Waals surface area (Å²) in [4.78, 5) is 38.0. The molecule has 0 bridgehead atoms. The molecule has 1 aliphatic rings. The molecule has 2 amide bonds. The molecular formula is C18H22ClN3O4S. The zero-order chi connectivity index (χ0) is 20.0. The number of hydrogen-bond donors (Lipinski definition) is 2. The van der Waals surface area contributed by atoms with E-state index in [-0.39, 0.29) is 35.9 Å². The van der Waals surface area contributed by atoms with Crippen molar-refractivity contribution in [3.8, 4) is 0 Å². The molecule has 7 nitrogen and oxygen atoms in total. The van der Waals surface area contributed by atoms with E-state index in [4.69, 9.17) is 28.6 Å². The van der Waals surface area contributed by atoms with Crippen molar-refractivity contribution < 1.29 is 19.1 Å². The molecule has 27 heavy (non-hydrogen) atoms. The quantitative estimate of drug-likeness (QED) is 0.563. The third kappa shape index (κ3) is 6.48. The molecule has 1 heterocycles. The summed E-state index contributed by atoms with van der Waals surface area (Å²) >= 11 is 11.1. The van der Waals surface area contributed by atoms with Crippen LogP contribution in [0, 0.1) is 0 Å². The Balaban J connectivity index is 1.98. The predicted molar refractivity (Wildman–Crippen MR) is 105 cm³/mol. The largest absolute Gasteiger partial charge is 0.463 e. The molecule has 9 heteroatoms. The van der Waals surface area contributed by atoms with Gasteiger partial charge in [0.2, 0.25) is 11.8 Å². The van der Waals surface area contributed by atoms with Gasteiger partial charge in [0, 0.05) is 18.1 Å². The van der Waals surface area contributed by atoms with Crippen molar-refractivity contribution in [1.82, 2.24) is 15.5 Å². The van der Waals surface area contributed by atoms with Crippen molar-refractivity contribution in [2.75, 3.05) is 13.1 Å². The number of halogens is 1. The molecule has 0 saturated carbocycles. The lowest BCUT2D eigenvalue weighted by Gasteiger charge is -2.36. The Labute approximate surface area is 168 Å². The number of piperazine rings is 1. The number of thiocarbonyl (C=S) groups is 1. The van der Waals surface area contributed by atoms with Crippen LogP contribution in [-0.4, -0.2) is 53.0 Å². The Morgan fingerprint density at radius 3 is 2.67 bits per heavy atom. The first-order valence-corrected chi connectivity index (χ1v) is 9.37. The first-order chi connectivity index (χ1) is 12.8. The Bertz CT molecular complexity index is 724. The Kier molecular flexibility index (Phi) is 7.55. The van der Waals surface area contributed by atoms with Gasteiger partial charge in [-0.3, -0.25) is 14.4 Å². The molecule has 0 aliphatic carbocycles. The van der Waals surface area contributed by atoms with E-state index in [9.17, 15) is 14.4 Å². The Morgan fingerprint density at radius 2 is 2.04 bits per heavy atom. The fourth-order valence-electron chi connectivity index (χ4n) is 2.65. The second-order valence-corrected chi connectivity index (χ2v) is 7.22. The second-order valence-electron chi connectivity index (χ2n) is 6.40. The molecule has 0 radical (unpaired) electrons. The van der Waals surface area contributed by atoms with Gasteiger partial charge in [-0.15, -0.1) is 0 Å². The highest BCUT2D eigenvalue weighted by atomic mass is 35.5. The normalized spacial score (nSPS) is 16.7. The summed E-state index contributed by atoms with van der Waals surface area (Å²) in [5, 5.41) is 6.04. The van der Waals surface area contributed by atoms with Crippen LogP contribution in [0.15, 0.2) is 24.3 Å². The molecular weight excluding hydrogens is 390 g/mol. The maximum absolute atomic E-state index is 12.3. The fraction of sp³-hybridized carbons (Fsp3) is 0.444. The number of rotatable bonds is 5. The zero-order valence-corrected chi connectivity index (χ0v) is 16.7. The van der Waals surface area contributed by atoms with E-state index in [1.807, 2.05) is 0 Å². The highest BCUT2D eigenvalue weighted by molar-refractivity contribution is 7.80. The van der Waals surface area contributed by atoms with Crippen molar-refractivity contribution in [1.29, 1.82) is 0 Å². The molecule has 1 aliphatic heterocycles. The van der Waals surface area contributed by atoms with Gasteiger partial charge in [-0.1, -0.05) is 23.7 Å². The SMILES string of the molecule is CC(C)OC(=O)C[C@H]1C(=O)NCCN1C(=S)NC(=O)Cc1ccc(Cl)cc1. The minimum Gasteiger partial charge on any atom is -0.463 e. The number of benzene rings is 1. The number of ether oxygens (including phenoxy) is 1. The minimum absolute atomic E-state index is 0.117. The van der Waals surface area contributed by atoms with Crippen LogP contribution >= 0.6 is 23.8 Å². The third-order valence-electron chi connectivity index (χ3n) is 3.84. The van der Waals surface area contributed by atoms with Gasteiger partial charge in [0.15, 0.2) is 5.11 Å². The van der Waals surface area contributed by atoms with Gasteiger partial charge >= 0.3 is 5.97 Å². The molecule has 1 aromatic carbocycles. The van der Waals surface area contributed by atoms with Crippen molar-refractivity contribution in [3.05, 3.63) is 34.9 Å². The summed E-state index contributed by atoms with van der Waals surface area (Å²) in [6.45, 7) is 4.24. The molecule has 2 N–H and O–H groups in total. The third-order valence-corrected chi connectivity index (χ3v) is 4.43. The van der Waals surface area contributed by atoms with Crippen LogP contribution in [-0.2, 0) is 25.5 Å². The van der Waals surface area contributed by atoms with Crippen molar-refractivity contribution >= 4 is 46.7 Å². The monoisotopic (exact) mass is 411 g/mol. The average Bonchev–Trinajstić information content (AvgIpc) is 2.58. The lowest BCUT2D eigenvalue weighted by molar-refractivity contribution is -0.150. The molecule has 1 saturated heterocycles. The van der Waals surface area contributed by atoms with Gasteiger partial charge in [-0.2, -0.15) is 0 Å². The maximum Gasteiger partial charge on any atom is 0.308 e. The zero-order valence-electron chi connectivity index (χ0n) is 15.2. The van der Waals surface area contributed by atoms with Gasteiger partial charge in [0.1, 0.15) is 6.04 Å². The number of carbonyl (C=O) groups is 3. The number of hydrogen-bond acceptors (Lipinski definition) is 5. The van der Waals surface area contributed by atoms with Gasteiger partial charge in [-0.05, 0) is 43.8 Å². The topological polar surface area (TPSA) is 87.7 Å². The van der Waals surface area contributed by atoms with Gasteiger partial charge in [-0.25, -0.2) is 0 Å². The van der Waals surface area contributed by atoms with E-state index in [0.717, 1.165) is 5.56 Å². The molecule has 2 rings (SSSR count). The van der Waals surface area contributed by atoms with Crippen LogP contribution in [0.25, 0.3) is 0 Å². The minimum atomic E-state index is -0.812. The summed E-state index contributed by atoms with van der Waals surface area (Å²) in [7, 11) is 0. The lowest BCUT2D eigenvalue weighted by atomic mass is 10.1. The Hall–Kier alpha value is -2.19. The smallest absolute Gasteiger partial charge is 0.308 e. The van der Waals surface area contributed by atoms with E-state index in [2.05, 4.69) is 10.6 Å². The summed E-state index contributed by atoms with van der Waals surface area (Å²) < 4.78 is 5.11. The number of amides is 2. The van der Waals surface area contributed by atoms with Crippen molar-refractivity contribution in [2.24, 2.45) is 0 Å². The first kappa shape index (κ1) is 21.1. The summed E-state index contributed by atoms with van der Waals surface area (Å²) in [5.41, 5.74) is 0.785. The predicted octanol–water partition coefficient (Wildman–Crippen LogP) is 1.43. The molecule has 146 valence electrons. The van der Waals surface area contributed by atoms with Crippen molar-refractivity contribution in [3.63, 3.8) is 0 Å². The molecule has 0 aromatic heterocycles. The standard InChI is InChI=1S/C18H22ClN3O4S/c1-11(2)26-16(24)10-14-17(25)20-7-8-22(14)18(27)21-15(23)9-12-3-5-13(19)6-4-12/h3-6,11,14H,7-10H2,1-2H3,(H,20,25)(H,21,23,27)/t14-/m0/s1. The van der Waals surface area contributed by atoms with Crippen LogP contribution in [0.1, 0.15) is 25.8 Å². The van der Waals surface area contributed by atoms with E-state index < -0.39 is 12.0 Å². The van der Waals surface area contributed by atoms with E-state index in [0.29, 0.717) is 18.1 Å². The highest BCUT2D eigenvalue weighted by Gasteiger charge is 2.34. The fourth-order valence-corrected chi connectivity index (χ4v) is 3.11. The number of carbonyl (C=O) groups excluding carboxylic acids is 3. The van der Waals surface area contributed by atoms with E-state index >= 15 is 0 Å². The summed E-state index contributed by atoms with van der Waals surface area (Å²) in [6.07, 6.45) is -0.294. The van der Waals surface area contributed by atoms with Crippen LogP contribution in [0.2, 0.25) is 5.02 Å². The van der Waals surface area contributed by atoms with Gasteiger partial charge in [0.25, 0.3) is 0 Å². The summed E-state index contributed by atoms with van der Waals surface area (Å²) in [5.74, 6) is -1.12. The number of nitrogens with zero attached hydrogens (tertiary/aromatic N) is 1. The Morgan fingerprint density at radius 1 is 1.37 bits per heavy atom. The second kappa shape index (κ2) is 9.66. The van der Waals surface area contributed by atoms with Crippen LogP contribution in [0.3, 0.4) is 0 Å². The summed E-state index contributed by atoms with van der Waals surface area (Å²) in [6, 6.07) is 6.10. The van der Waals surface area contributed by atoms with Crippen LogP contribution in [0.5, 0.6) is 0 Å². The maximum atomic E-state index is 12.3. The number of esters is 1. The lowest BCUT2D eigenvalue weighted by Crippen LogP contribution is -2.60. The van der Waals surface area contributed by atoms with Gasteiger partial charge < -0.3 is 20.3 Å². The molecule has 0 unspecified atom stereocenters. The van der Waals surface area contributed by atoms with Crippen molar-refractivity contribution in [2.45, 2.75) is 38.8 Å². The molecule has 1 aromatic rings. The highest BCUT2D eigenvalue weighted by Crippen LogP contribution is 2.12. The van der Waals surface area contributed by atoms with Crippen LogP contribution in [0.4, 0.5) is 0 Å². The average molecular weight is 412 g/mol. The molecule has 0 spiro atoms. The van der Waals surface area contributed by atoms with E-state index in [1.54, 1.807) is 43.0 Å².